The quantitative estimate of drug-likeness (QED) is 0.910. The molecule has 116 valence electrons. The number of hydrogen-bond donors (Lipinski definition) is 2. The molecule has 0 bridgehead atoms. The van der Waals surface area contributed by atoms with Crippen molar-refractivity contribution >= 4 is 5.82 Å². The fraction of sp³-hybridized carbons (Fsp3) is 0.444. The summed E-state index contributed by atoms with van der Waals surface area (Å²) < 4.78 is 0. The number of aromatic nitrogens is 2. The SMILES string of the molecule is Cc1ccc(-c2nc(C)cc(NCC3CCNCC3)n2)cc1. The van der Waals surface area contributed by atoms with E-state index in [-0.39, 0.29) is 0 Å². The minimum Gasteiger partial charge on any atom is -0.370 e. The molecule has 0 amide bonds. The molecule has 1 aliphatic heterocycles. The average molecular weight is 296 g/mol. The van der Waals surface area contributed by atoms with Gasteiger partial charge in [0.2, 0.25) is 0 Å². The van der Waals surface area contributed by atoms with Gasteiger partial charge in [-0.3, -0.25) is 0 Å². The monoisotopic (exact) mass is 296 g/mol. The van der Waals surface area contributed by atoms with Gasteiger partial charge in [0.15, 0.2) is 5.82 Å². The minimum absolute atomic E-state index is 0.736. The molecule has 1 aromatic carbocycles. The molecule has 1 aromatic heterocycles. The molecule has 4 heteroatoms. The zero-order valence-corrected chi connectivity index (χ0v) is 13.4. The van der Waals surface area contributed by atoms with Crippen LogP contribution in [0.2, 0.25) is 0 Å². The molecule has 1 aliphatic rings. The van der Waals surface area contributed by atoms with Gasteiger partial charge in [0.25, 0.3) is 0 Å². The predicted octanol–water partition coefficient (Wildman–Crippen LogP) is 3.17. The van der Waals surface area contributed by atoms with Crippen LogP contribution in [0.15, 0.2) is 30.3 Å². The molecule has 4 nitrogen and oxygen atoms in total. The lowest BCUT2D eigenvalue weighted by molar-refractivity contribution is 0.389. The molecule has 2 heterocycles. The van der Waals surface area contributed by atoms with E-state index in [4.69, 9.17) is 0 Å². The van der Waals surface area contributed by atoms with Gasteiger partial charge < -0.3 is 10.6 Å². The number of rotatable bonds is 4. The van der Waals surface area contributed by atoms with Crippen molar-refractivity contribution in [3.05, 3.63) is 41.6 Å². The van der Waals surface area contributed by atoms with Crippen molar-refractivity contribution in [1.82, 2.24) is 15.3 Å². The molecule has 2 N–H and O–H groups in total. The first-order valence-electron chi connectivity index (χ1n) is 8.08. The highest BCUT2D eigenvalue weighted by Gasteiger charge is 2.13. The number of nitrogens with one attached hydrogen (secondary N) is 2. The molecule has 2 aromatic rings. The van der Waals surface area contributed by atoms with Crippen molar-refractivity contribution in [3.8, 4) is 11.4 Å². The average Bonchev–Trinajstić information content (AvgIpc) is 2.54. The summed E-state index contributed by atoms with van der Waals surface area (Å²) in [5.41, 5.74) is 3.32. The third-order valence-corrected chi connectivity index (χ3v) is 4.19. The van der Waals surface area contributed by atoms with Crippen molar-refractivity contribution in [2.45, 2.75) is 26.7 Å². The van der Waals surface area contributed by atoms with E-state index in [1.54, 1.807) is 0 Å². The maximum Gasteiger partial charge on any atom is 0.161 e. The number of anilines is 1. The number of piperidine rings is 1. The highest BCUT2D eigenvalue weighted by Crippen LogP contribution is 2.19. The van der Waals surface area contributed by atoms with Crippen LogP contribution in [-0.4, -0.2) is 29.6 Å². The van der Waals surface area contributed by atoms with Crippen LogP contribution in [0, 0.1) is 19.8 Å². The number of aryl methyl sites for hydroxylation is 2. The summed E-state index contributed by atoms with van der Waals surface area (Å²) in [4.78, 5) is 9.25. The standard InChI is InChI=1S/C18H24N4/c1-13-3-5-16(6-4-13)18-21-14(2)11-17(22-18)20-12-15-7-9-19-10-8-15/h3-6,11,15,19H,7-10,12H2,1-2H3,(H,20,21,22). The zero-order valence-electron chi connectivity index (χ0n) is 13.4. The lowest BCUT2D eigenvalue weighted by atomic mass is 9.98. The molecular formula is C18H24N4. The second kappa shape index (κ2) is 6.88. The topological polar surface area (TPSA) is 49.8 Å². The zero-order chi connectivity index (χ0) is 15.4. The van der Waals surface area contributed by atoms with Gasteiger partial charge in [0.1, 0.15) is 5.82 Å². The first-order chi connectivity index (χ1) is 10.7. The van der Waals surface area contributed by atoms with E-state index in [9.17, 15) is 0 Å². The van der Waals surface area contributed by atoms with Crippen molar-refractivity contribution in [2.75, 3.05) is 25.0 Å². The molecule has 1 fully saturated rings. The summed E-state index contributed by atoms with van der Waals surface area (Å²) in [5.74, 6) is 2.47. The van der Waals surface area contributed by atoms with Crippen LogP contribution in [0.5, 0.6) is 0 Å². The van der Waals surface area contributed by atoms with Crippen LogP contribution in [0.25, 0.3) is 11.4 Å². The third-order valence-electron chi connectivity index (χ3n) is 4.19. The second-order valence-corrected chi connectivity index (χ2v) is 6.16. The lowest BCUT2D eigenvalue weighted by Crippen LogP contribution is -2.31. The van der Waals surface area contributed by atoms with E-state index in [1.165, 1.54) is 18.4 Å². The Morgan fingerprint density at radius 2 is 1.82 bits per heavy atom. The summed E-state index contributed by atoms with van der Waals surface area (Å²) in [6.45, 7) is 7.36. The third kappa shape index (κ3) is 3.83. The van der Waals surface area contributed by atoms with Crippen LogP contribution in [0.4, 0.5) is 5.82 Å². The molecule has 1 saturated heterocycles. The molecule has 0 spiro atoms. The van der Waals surface area contributed by atoms with Gasteiger partial charge in [-0.15, -0.1) is 0 Å². The first kappa shape index (κ1) is 15.0. The predicted molar refractivity (Wildman–Crippen MR) is 91.0 cm³/mol. The normalized spacial score (nSPS) is 15.7. The number of nitrogens with zero attached hydrogens (tertiary/aromatic N) is 2. The van der Waals surface area contributed by atoms with Crippen molar-refractivity contribution < 1.29 is 0 Å². The summed E-state index contributed by atoms with van der Waals surface area (Å²) in [7, 11) is 0. The van der Waals surface area contributed by atoms with E-state index in [0.717, 1.165) is 48.5 Å². The minimum atomic E-state index is 0.736. The van der Waals surface area contributed by atoms with Gasteiger partial charge >= 0.3 is 0 Å². The second-order valence-electron chi connectivity index (χ2n) is 6.16. The smallest absolute Gasteiger partial charge is 0.161 e. The van der Waals surface area contributed by atoms with Crippen LogP contribution in [-0.2, 0) is 0 Å². The summed E-state index contributed by atoms with van der Waals surface area (Å²) in [6.07, 6.45) is 2.48. The van der Waals surface area contributed by atoms with Crippen molar-refractivity contribution in [3.63, 3.8) is 0 Å². The fourth-order valence-electron chi connectivity index (χ4n) is 2.83. The highest BCUT2D eigenvalue weighted by molar-refractivity contribution is 5.58. The Morgan fingerprint density at radius 1 is 1.09 bits per heavy atom. The van der Waals surface area contributed by atoms with E-state index in [1.807, 2.05) is 13.0 Å². The molecular weight excluding hydrogens is 272 g/mol. The maximum atomic E-state index is 4.68. The lowest BCUT2D eigenvalue weighted by Gasteiger charge is -2.23. The van der Waals surface area contributed by atoms with Crippen LogP contribution in [0.3, 0.4) is 0 Å². The number of hydrogen-bond acceptors (Lipinski definition) is 4. The molecule has 0 unspecified atom stereocenters. The fourth-order valence-corrected chi connectivity index (χ4v) is 2.83. The Morgan fingerprint density at radius 3 is 2.55 bits per heavy atom. The summed E-state index contributed by atoms with van der Waals surface area (Å²) in [6, 6.07) is 10.4. The van der Waals surface area contributed by atoms with E-state index >= 15 is 0 Å². The highest BCUT2D eigenvalue weighted by atomic mass is 15.0. The Balaban J connectivity index is 1.73. The van der Waals surface area contributed by atoms with E-state index in [0.29, 0.717) is 0 Å². The Bertz CT molecular complexity index is 615. The van der Waals surface area contributed by atoms with E-state index < -0.39 is 0 Å². The Kier molecular flexibility index (Phi) is 4.68. The summed E-state index contributed by atoms with van der Waals surface area (Å²) in [5, 5.41) is 6.90. The van der Waals surface area contributed by atoms with Crippen molar-refractivity contribution in [1.29, 1.82) is 0 Å². The van der Waals surface area contributed by atoms with Crippen LogP contribution in [0.1, 0.15) is 24.1 Å². The van der Waals surface area contributed by atoms with Gasteiger partial charge in [0.05, 0.1) is 0 Å². The summed E-state index contributed by atoms with van der Waals surface area (Å²) >= 11 is 0. The Labute approximate surface area is 132 Å². The molecule has 3 rings (SSSR count). The molecule has 0 atom stereocenters. The largest absolute Gasteiger partial charge is 0.370 e. The molecule has 0 aliphatic carbocycles. The molecule has 0 radical (unpaired) electrons. The van der Waals surface area contributed by atoms with Gasteiger partial charge in [0, 0.05) is 23.9 Å². The van der Waals surface area contributed by atoms with Gasteiger partial charge in [-0.1, -0.05) is 29.8 Å². The van der Waals surface area contributed by atoms with Gasteiger partial charge in [-0.25, -0.2) is 9.97 Å². The molecule has 0 saturated carbocycles. The maximum absolute atomic E-state index is 4.68. The Hall–Kier alpha value is -1.94. The van der Waals surface area contributed by atoms with Crippen molar-refractivity contribution in [2.24, 2.45) is 5.92 Å². The molecule has 22 heavy (non-hydrogen) atoms. The van der Waals surface area contributed by atoms with Gasteiger partial charge in [-0.05, 0) is 45.7 Å². The number of benzene rings is 1. The van der Waals surface area contributed by atoms with Crippen LogP contribution < -0.4 is 10.6 Å². The van der Waals surface area contributed by atoms with E-state index in [2.05, 4.69) is 51.8 Å². The van der Waals surface area contributed by atoms with Crippen LogP contribution >= 0.6 is 0 Å². The first-order valence-corrected chi connectivity index (χ1v) is 8.08. The van der Waals surface area contributed by atoms with Gasteiger partial charge in [-0.2, -0.15) is 0 Å².